The Morgan fingerprint density at radius 3 is 2.83 bits per heavy atom. The van der Waals surface area contributed by atoms with Gasteiger partial charge in [0.25, 0.3) is 0 Å². The zero-order valence-corrected chi connectivity index (χ0v) is 14.7. The van der Waals surface area contributed by atoms with Gasteiger partial charge in [-0.15, -0.1) is 11.3 Å². The third kappa shape index (κ3) is 3.65. The van der Waals surface area contributed by atoms with E-state index in [0.29, 0.717) is 6.54 Å². The highest BCUT2D eigenvalue weighted by atomic mass is 32.1. The lowest BCUT2D eigenvalue weighted by atomic mass is 9.97. The van der Waals surface area contributed by atoms with Gasteiger partial charge in [0.1, 0.15) is 0 Å². The monoisotopic (exact) mass is 328 g/mol. The molecule has 0 bridgehead atoms. The van der Waals surface area contributed by atoms with Crippen LogP contribution in [0.5, 0.6) is 0 Å². The number of likely N-dealkylation sites (N-methyl/N-ethyl adjacent to an activating group) is 1. The van der Waals surface area contributed by atoms with E-state index in [4.69, 9.17) is 0 Å². The van der Waals surface area contributed by atoms with Crippen LogP contribution in [0.25, 0.3) is 0 Å². The van der Waals surface area contributed by atoms with E-state index in [1.54, 1.807) is 0 Å². The summed E-state index contributed by atoms with van der Waals surface area (Å²) >= 11 is 1.83. The average Bonchev–Trinajstić information content (AvgIpc) is 3.03. The number of hydrogen-bond donors (Lipinski definition) is 0. The first-order valence-electron chi connectivity index (χ1n) is 8.27. The molecule has 0 spiro atoms. The summed E-state index contributed by atoms with van der Waals surface area (Å²) in [4.78, 5) is 18.4. The molecule has 0 saturated carbocycles. The molecule has 2 heterocycles. The predicted molar refractivity (Wildman–Crippen MR) is 95.5 cm³/mol. The first-order chi connectivity index (χ1) is 11.2. The van der Waals surface area contributed by atoms with Gasteiger partial charge in [-0.3, -0.25) is 9.69 Å². The number of hydrogen-bond acceptors (Lipinski definition) is 3. The molecule has 1 amide bonds. The quantitative estimate of drug-likeness (QED) is 0.835. The minimum Gasteiger partial charge on any atom is -0.334 e. The number of rotatable bonds is 5. The number of nitrogens with zero attached hydrogens (tertiary/aromatic N) is 2. The Kier molecular flexibility index (Phi) is 5.13. The van der Waals surface area contributed by atoms with Gasteiger partial charge >= 0.3 is 0 Å². The fourth-order valence-corrected chi connectivity index (χ4v) is 4.34. The van der Waals surface area contributed by atoms with Crippen molar-refractivity contribution in [3.8, 4) is 0 Å². The van der Waals surface area contributed by atoms with Gasteiger partial charge in [-0.05, 0) is 42.5 Å². The highest BCUT2D eigenvalue weighted by molar-refractivity contribution is 7.10. The summed E-state index contributed by atoms with van der Waals surface area (Å²) < 4.78 is 0. The fraction of sp³-hybridized carbons (Fsp3) is 0.421. The number of thiophene rings is 1. The molecule has 1 aliphatic rings. The van der Waals surface area contributed by atoms with Gasteiger partial charge < -0.3 is 4.90 Å². The molecule has 0 fully saturated rings. The summed E-state index contributed by atoms with van der Waals surface area (Å²) in [6.07, 6.45) is 1.98. The van der Waals surface area contributed by atoms with Gasteiger partial charge in [0.05, 0.1) is 12.6 Å². The van der Waals surface area contributed by atoms with Crippen molar-refractivity contribution in [3.63, 3.8) is 0 Å². The molecule has 3 nitrogen and oxygen atoms in total. The van der Waals surface area contributed by atoms with Crippen LogP contribution in [-0.2, 0) is 17.8 Å². The zero-order valence-electron chi connectivity index (χ0n) is 13.9. The van der Waals surface area contributed by atoms with E-state index >= 15 is 0 Å². The fourth-order valence-electron chi connectivity index (χ4n) is 3.41. The number of carbonyl (C=O) groups excluding carboxylic acids is 1. The van der Waals surface area contributed by atoms with Gasteiger partial charge in [0.15, 0.2) is 0 Å². The summed E-state index contributed by atoms with van der Waals surface area (Å²) in [6, 6.07) is 12.8. The van der Waals surface area contributed by atoms with Crippen molar-refractivity contribution in [3.05, 3.63) is 57.8 Å². The summed E-state index contributed by atoms with van der Waals surface area (Å²) in [5.41, 5.74) is 2.61. The van der Waals surface area contributed by atoms with E-state index in [9.17, 15) is 4.79 Å². The van der Waals surface area contributed by atoms with Crippen molar-refractivity contribution in [1.82, 2.24) is 9.80 Å². The van der Waals surface area contributed by atoms with Crippen molar-refractivity contribution in [2.45, 2.75) is 32.4 Å². The molecule has 1 aromatic carbocycles. The lowest BCUT2D eigenvalue weighted by Gasteiger charge is -2.36. The van der Waals surface area contributed by atoms with Crippen LogP contribution in [0.2, 0.25) is 0 Å². The van der Waals surface area contributed by atoms with Crippen LogP contribution in [0.4, 0.5) is 0 Å². The molecule has 2 aromatic rings. The molecule has 122 valence electrons. The van der Waals surface area contributed by atoms with Crippen molar-refractivity contribution in [2.75, 3.05) is 20.1 Å². The minimum absolute atomic E-state index is 0.243. The van der Waals surface area contributed by atoms with E-state index in [1.807, 2.05) is 36.6 Å². The molecule has 1 unspecified atom stereocenters. The lowest BCUT2D eigenvalue weighted by molar-refractivity contribution is -0.135. The third-order valence-corrected chi connectivity index (χ3v) is 5.50. The predicted octanol–water partition coefficient (Wildman–Crippen LogP) is 3.72. The Labute approximate surface area is 142 Å². The molecule has 23 heavy (non-hydrogen) atoms. The Bertz CT molecular complexity index is 652. The maximum atomic E-state index is 12.8. The maximum Gasteiger partial charge on any atom is 0.237 e. The molecule has 0 saturated heterocycles. The molecule has 1 aromatic heterocycles. The van der Waals surface area contributed by atoms with Crippen molar-refractivity contribution in [2.24, 2.45) is 0 Å². The number of fused-ring (bicyclic) bond motifs is 1. The second-order valence-electron chi connectivity index (χ2n) is 6.22. The second-order valence-corrected chi connectivity index (χ2v) is 7.22. The summed E-state index contributed by atoms with van der Waals surface area (Å²) in [6.45, 7) is 4.31. The smallest absolute Gasteiger partial charge is 0.237 e. The van der Waals surface area contributed by atoms with Crippen LogP contribution >= 0.6 is 11.3 Å². The summed E-state index contributed by atoms with van der Waals surface area (Å²) in [7, 11) is 2.02. The Morgan fingerprint density at radius 2 is 2.09 bits per heavy atom. The van der Waals surface area contributed by atoms with Crippen molar-refractivity contribution >= 4 is 17.2 Å². The number of amides is 1. The number of carbonyl (C=O) groups is 1. The summed E-state index contributed by atoms with van der Waals surface area (Å²) in [5.74, 6) is 0.243. The lowest BCUT2D eigenvalue weighted by Crippen LogP contribution is -2.43. The van der Waals surface area contributed by atoms with E-state index in [2.05, 4.69) is 40.3 Å². The SMILES string of the molecule is CCC1c2ccsc2CCN1C(=O)CN(C)Cc1ccccc1. The Morgan fingerprint density at radius 1 is 1.30 bits per heavy atom. The molecule has 1 atom stereocenters. The maximum absolute atomic E-state index is 12.8. The van der Waals surface area contributed by atoms with E-state index < -0.39 is 0 Å². The Balaban J connectivity index is 1.64. The average molecular weight is 328 g/mol. The van der Waals surface area contributed by atoms with Gasteiger partial charge in [-0.1, -0.05) is 37.3 Å². The molecule has 0 N–H and O–H groups in total. The van der Waals surface area contributed by atoms with Gasteiger partial charge in [0, 0.05) is 18.0 Å². The molecule has 1 aliphatic heterocycles. The van der Waals surface area contributed by atoms with Gasteiger partial charge in [0.2, 0.25) is 5.91 Å². The molecule has 3 rings (SSSR count). The third-order valence-electron chi connectivity index (χ3n) is 4.50. The van der Waals surface area contributed by atoms with Crippen LogP contribution in [0.3, 0.4) is 0 Å². The number of benzene rings is 1. The molecule has 4 heteroatoms. The Hall–Kier alpha value is -1.65. The van der Waals surface area contributed by atoms with Gasteiger partial charge in [-0.2, -0.15) is 0 Å². The highest BCUT2D eigenvalue weighted by Gasteiger charge is 2.30. The molecular weight excluding hydrogens is 304 g/mol. The summed E-state index contributed by atoms with van der Waals surface area (Å²) in [5, 5.41) is 2.16. The molecular formula is C19H24N2OS. The largest absolute Gasteiger partial charge is 0.334 e. The minimum atomic E-state index is 0.243. The second kappa shape index (κ2) is 7.28. The van der Waals surface area contributed by atoms with Crippen LogP contribution in [0.1, 0.15) is 35.4 Å². The topological polar surface area (TPSA) is 23.6 Å². The first-order valence-corrected chi connectivity index (χ1v) is 9.15. The van der Waals surface area contributed by atoms with Crippen LogP contribution in [-0.4, -0.2) is 35.8 Å². The molecule has 0 aliphatic carbocycles. The van der Waals surface area contributed by atoms with E-state index in [0.717, 1.165) is 25.9 Å². The van der Waals surface area contributed by atoms with E-state index in [-0.39, 0.29) is 11.9 Å². The molecule has 0 radical (unpaired) electrons. The van der Waals surface area contributed by atoms with Gasteiger partial charge in [-0.25, -0.2) is 0 Å². The van der Waals surface area contributed by atoms with Crippen LogP contribution < -0.4 is 0 Å². The normalized spacial score (nSPS) is 17.3. The van der Waals surface area contributed by atoms with Crippen LogP contribution in [0.15, 0.2) is 41.8 Å². The first kappa shape index (κ1) is 16.2. The standard InChI is InChI=1S/C19H24N2OS/c1-3-17-16-10-12-23-18(16)9-11-21(17)19(22)14-20(2)13-15-7-5-4-6-8-15/h4-8,10,12,17H,3,9,11,13-14H2,1-2H3. The zero-order chi connectivity index (χ0) is 16.2. The van der Waals surface area contributed by atoms with E-state index in [1.165, 1.54) is 16.0 Å². The van der Waals surface area contributed by atoms with Crippen LogP contribution in [0, 0.1) is 0 Å². The van der Waals surface area contributed by atoms with Crippen molar-refractivity contribution in [1.29, 1.82) is 0 Å². The van der Waals surface area contributed by atoms with Crippen molar-refractivity contribution < 1.29 is 4.79 Å². The highest BCUT2D eigenvalue weighted by Crippen LogP contribution is 2.35.